The molecule has 1 fully saturated rings. The Kier molecular flexibility index (Phi) is 7.32. The van der Waals surface area contributed by atoms with Crippen LogP contribution in [0.3, 0.4) is 0 Å². The van der Waals surface area contributed by atoms with Crippen LogP contribution < -0.4 is 10.6 Å². The molecule has 0 spiro atoms. The largest absolute Gasteiger partial charge is 0.444 e. The highest BCUT2D eigenvalue weighted by atomic mass is 32.2. The molecule has 0 radical (unpaired) electrons. The number of alkyl carbamates (subject to hydrolysis) is 1. The lowest BCUT2D eigenvalue weighted by Crippen LogP contribution is -2.41. The highest BCUT2D eigenvalue weighted by Gasteiger charge is 2.31. The van der Waals surface area contributed by atoms with Gasteiger partial charge in [0.1, 0.15) is 5.60 Å². The lowest BCUT2D eigenvalue weighted by Gasteiger charge is -2.24. The highest BCUT2D eigenvalue weighted by Crippen LogP contribution is 2.19. The van der Waals surface area contributed by atoms with E-state index in [2.05, 4.69) is 24.5 Å². The van der Waals surface area contributed by atoms with Gasteiger partial charge in [0.2, 0.25) is 0 Å². The van der Waals surface area contributed by atoms with Gasteiger partial charge in [-0.1, -0.05) is 13.8 Å². The number of hydrogen-bond donors (Lipinski definition) is 2. The predicted octanol–water partition coefficient (Wildman–Crippen LogP) is 1.95. The zero-order valence-electron chi connectivity index (χ0n) is 15.0. The molecule has 2 N–H and O–H groups in total. The quantitative estimate of drug-likeness (QED) is 0.734. The number of carbonyl (C=O) groups excluding carboxylic acids is 1. The van der Waals surface area contributed by atoms with Crippen molar-refractivity contribution >= 4 is 15.9 Å². The monoisotopic (exact) mass is 348 g/mol. The maximum atomic E-state index is 11.8. The third-order valence-electron chi connectivity index (χ3n) is 4.09. The molecule has 0 aromatic carbocycles. The van der Waals surface area contributed by atoms with Gasteiger partial charge in [-0.2, -0.15) is 0 Å². The fourth-order valence-electron chi connectivity index (χ4n) is 2.59. The summed E-state index contributed by atoms with van der Waals surface area (Å²) >= 11 is 0. The standard InChI is InChI=1S/C16H32N2O4S/c1-12(2)13(10-18-15(19)22-16(3,4)5)9-17-11-14-7-6-8-23(14,20)21/h12-14,17H,6-11H2,1-5H3,(H,18,19). The highest BCUT2D eigenvalue weighted by molar-refractivity contribution is 7.92. The van der Waals surface area contributed by atoms with Gasteiger partial charge in [0.15, 0.2) is 9.84 Å². The lowest BCUT2D eigenvalue weighted by atomic mass is 9.95. The molecule has 0 aromatic heterocycles. The molecule has 1 amide bonds. The van der Waals surface area contributed by atoms with Crippen molar-refractivity contribution in [2.24, 2.45) is 11.8 Å². The zero-order chi connectivity index (χ0) is 17.7. The van der Waals surface area contributed by atoms with Crippen molar-refractivity contribution in [3.8, 4) is 0 Å². The number of amides is 1. The van der Waals surface area contributed by atoms with Crippen LogP contribution in [0.15, 0.2) is 0 Å². The van der Waals surface area contributed by atoms with E-state index in [9.17, 15) is 13.2 Å². The molecular weight excluding hydrogens is 316 g/mol. The van der Waals surface area contributed by atoms with Crippen LogP contribution in [0, 0.1) is 11.8 Å². The Bertz CT molecular complexity index is 483. The second-order valence-corrected chi connectivity index (χ2v) is 10.1. The second-order valence-electron chi connectivity index (χ2n) is 7.68. The van der Waals surface area contributed by atoms with E-state index in [4.69, 9.17) is 4.74 Å². The Labute approximate surface area is 140 Å². The Morgan fingerprint density at radius 1 is 1.26 bits per heavy atom. The van der Waals surface area contributed by atoms with Crippen LogP contribution in [-0.2, 0) is 14.6 Å². The van der Waals surface area contributed by atoms with Crippen LogP contribution in [0.1, 0.15) is 47.5 Å². The van der Waals surface area contributed by atoms with E-state index in [1.54, 1.807) is 0 Å². The van der Waals surface area contributed by atoms with Gasteiger partial charge in [0.25, 0.3) is 0 Å². The van der Waals surface area contributed by atoms with Crippen molar-refractivity contribution in [1.29, 1.82) is 0 Å². The Morgan fingerprint density at radius 2 is 1.91 bits per heavy atom. The van der Waals surface area contributed by atoms with E-state index >= 15 is 0 Å². The summed E-state index contributed by atoms with van der Waals surface area (Å²) in [6.45, 7) is 11.4. The van der Waals surface area contributed by atoms with Crippen LogP contribution in [0.25, 0.3) is 0 Å². The van der Waals surface area contributed by atoms with Gasteiger partial charge < -0.3 is 15.4 Å². The molecule has 7 heteroatoms. The number of hydrogen-bond acceptors (Lipinski definition) is 5. The van der Waals surface area contributed by atoms with Crippen molar-refractivity contribution in [2.75, 3.05) is 25.4 Å². The predicted molar refractivity (Wildman–Crippen MR) is 92.2 cm³/mol. The van der Waals surface area contributed by atoms with Crippen molar-refractivity contribution in [3.05, 3.63) is 0 Å². The van der Waals surface area contributed by atoms with Crippen LogP contribution in [-0.4, -0.2) is 50.7 Å². The molecule has 23 heavy (non-hydrogen) atoms. The molecule has 1 saturated heterocycles. The van der Waals surface area contributed by atoms with E-state index in [-0.39, 0.29) is 11.2 Å². The Hall–Kier alpha value is -0.820. The summed E-state index contributed by atoms with van der Waals surface area (Å²) in [7, 11) is -2.90. The smallest absolute Gasteiger partial charge is 0.407 e. The van der Waals surface area contributed by atoms with Gasteiger partial charge in [-0.25, -0.2) is 13.2 Å². The first-order valence-corrected chi connectivity index (χ1v) is 10.1. The molecule has 1 aliphatic rings. The molecule has 0 aromatic rings. The summed E-state index contributed by atoms with van der Waals surface area (Å²) < 4.78 is 28.8. The van der Waals surface area contributed by atoms with Crippen molar-refractivity contribution in [1.82, 2.24) is 10.6 Å². The second kappa shape index (κ2) is 8.33. The normalized spacial score (nSPS) is 22.1. The van der Waals surface area contributed by atoms with Gasteiger partial charge in [0, 0.05) is 13.1 Å². The Balaban J connectivity index is 2.36. The van der Waals surface area contributed by atoms with Gasteiger partial charge >= 0.3 is 6.09 Å². The number of nitrogens with one attached hydrogen (secondary N) is 2. The maximum Gasteiger partial charge on any atom is 0.407 e. The van der Waals surface area contributed by atoms with Gasteiger partial charge in [-0.05, 0) is 52.0 Å². The maximum absolute atomic E-state index is 11.8. The molecule has 6 nitrogen and oxygen atoms in total. The fraction of sp³-hybridized carbons (Fsp3) is 0.938. The van der Waals surface area contributed by atoms with Gasteiger partial charge in [-0.15, -0.1) is 0 Å². The molecule has 1 heterocycles. The Morgan fingerprint density at radius 3 is 2.39 bits per heavy atom. The summed E-state index contributed by atoms with van der Waals surface area (Å²) in [6.07, 6.45) is 1.10. The minimum absolute atomic E-state index is 0.228. The molecular formula is C16H32N2O4S. The van der Waals surface area contributed by atoms with Gasteiger partial charge in [-0.3, -0.25) is 0 Å². The molecule has 0 bridgehead atoms. The third kappa shape index (κ3) is 7.52. The number of sulfone groups is 1. The lowest BCUT2D eigenvalue weighted by molar-refractivity contribution is 0.0515. The molecule has 1 rings (SSSR count). The minimum Gasteiger partial charge on any atom is -0.444 e. The zero-order valence-corrected chi connectivity index (χ0v) is 15.8. The summed E-state index contributed by atoms with van der Waals surface area (Å²) in [6, 6.07) is 0. The van der Waals surface area contributed by atoms with E-state index in [0.717, 1.165) is 12.8 Å². The average Bonchev–Trinajstić information content (AvgIpc) is 2.70. The molecule has 0 saturated carbocycles. The van der Waals surface area contributed by atoms with Crippen molar-refractivity contribution < 1.29 is 17.9 Å². The van der Waals surface area contributed by atoms with Crippen LogP contribution in [0.2, 0.25) is 0 Å². The first-order valence-electron chi connectivity index (χ1n) is 8.40. The third-order valence-corrected chi connectivity index (χ3v) is 6.37. The summed E-state index contributed by atoms with van der Waals surface area (Å²) in [5, 5.41) is 5.81. The summed E-state index contributed by atoms with van der Waals surface area (Å²) in [5.41, 5.74) is -0.507. The first kappa shape index (κ1) is 20.2. The molecule has 2 atom stereocenters. The van der Waals surface area contributed by atoms with E-state index in [0.29, 0.717) is 31.3 Å². The van der Waals surface area contributed by atoms with E-state index in [1.165, 1.54) is 0 Å². The molecule has 136 valence electrons. The topological polar surface area (TPSA) is 84.5 Å². The van der Waals surface area contributed by atoms with E-state index in [1.807, 2.05) is 20.8 Å². The van der Waals surface area contributed by atoms with Crippen LogP contribution >= 0.6 is 0 Å². The van der Waals surface area contributed by atoms with Crippen molar-refractivity contribution in [3.63, 3.8) is 0 Å². The van der Waals surface area contributed by atoms with Gasteiger partial charge in [0.05, 0.1) is 11.0 Å². The number of rotatable bonds is 7. The summed E-state index contributed by atoms with van der Waals surface area (Å²) in [4.78, 5) is 11.7. The first-order chi connectivity index (χ1) is 10.5. The fourth-order valence-corrected chi connectivity index (χ4v) is 4.39. The number of carbonyl (C=O) groups is 1. The summed E-state index contributed by atoms with van der Waals surface area (Å²) in [5.74, 6) is 0.914. The molecule has 1 aliphatic heterocycles. The van der Waals surface area contributed by atoms with Crippen LogP contribution in [0.5, 0.6) is 0 Å². The van der Waals surface area contributed by atoms with E-state index < -0.39 is 21.5 Å². The van der Waals surface area contributed by atoms with Crippen LogP contribution in [0.4, 0.5) is 4.79 Å². The number of ether oxygens (including phenoxy) is 1. The molecule has 2 unspecified atom stereocenters. The minimum atomic E-state index is -2.90. The van der Waals surface area contributed by atoms with Crippen molar-refractivity contribution in [2.45, 2.75) is 58.3 Å². The average molecular weight is 349 g/mol. The molecule has 0 aliphatic carbocycles. The SMILES string of the molecule is CC(C)C(CNCC1CCCS1(=O)=O)CNC(=O)OC(C)(C)C.